The highest BCUT2D eigenvalue weighted by atomic mass is 32.1. The Morgan fingerprint density at radius 1 is 1.16 bits per heavy atom. The lowest BCUT2D eigenvalue weighted by Crippen LogP contribution is -2.59. The van der Waals surface area contributed by atoms with Crippen LogP contribution in [0.15, 0.2) is 48.0 Å². The van der Waals surface area contributed by atoms with Gasteiger partial charge in [0.15, 0.2) is 0 Å². The summed E-state index contributed by atoms with van der Waals surface area (Å²) < 4.78 is 0. The molecule has 0 saturated carbocycles. The predicted molar refractivity (Wildman–Crippen MR) is 122 cm³/mol. The van der Waals surface area contributed by atoms with Crippen LogP contribution in [0.1, 0.15) is 34.4 Å². The first-order chi connectivity index (χ1) is 15.0. The van der Waals surface area contributed by atoms with Crippen molar-refractivity contribution in [3.8, 4) is 10.4 Å². The zero-order chi connectivity index (χ0) is 22.0. The lowest BCUT2D eigenvalue weighted by molar-refractivity contribution is -0.139. The van der Waals surface area contributed by atoms with Crippen molar-refractivity contribution in [2.24, 2.45) is 0 Å². The van der Waals surface area contributed by atoms with E-state index in [1.165, 1.54) is 4.88 Å². The molecule has 3 heterocycles. The van der Waals surface area contributed by atoms with Gasteiger partial charge in [-0.05, 0) is 43.3 Å². The van der Waals surface area contributed by atoms with Crippen LogP contribution < -0.4 is 0 Å². The summed E-state index contributed by atoms with van der Waals surface area (Å²) in [4.78, 5) is 39.8. The monoisotopic (exact) mass is 434 g/mol. The molecular weight excluding hydrogens is 408 g/mol. The number of benzene rings is 1. The molecule has 3 aromatic rings. The van der Waals surface area contributed by atoms with Gasteiger partial charge < -0.3 is 9.80 Å². The summed E-state index contributed by atoms with van der Waals surface area (Å²) in [5, 5.41) is 2.06. The van der Waals surface area contributed by atoms with Crippen molar-refractivity contribution in [1.82, 2.24) is 19.8 Å². The van der Waals surface area contributed by atoms with Crippen LogP contribution in [0.3, 0.4) is 0 Å². The van der Waals surface area contributed by atoms with Crippen molar-refractivity contribution in [1.29, 1.82) is 0 Å². The van der Waals surface area contributed by atoms with Crippen LogP contribution in [0, 0.1) is 13.8 Å². The molecule has 0 bridgehead atoms. The molecule has 6 nitrogen and oxygen atoms in total. The quantitative estimate of drug-likeness (QED) is 0.614. The lowest BCUT2D eigenvalue weighted by atomic mass is 9.99. The van der Waals surface area contributed by atoms with Crippen molar-refractivity contribution < 1.29 is 9.59 Å². The fraction of sp³-hybridized carbons (Fsp3) is 0.333. The van der Waals surface area contributed by atoms with Gasteiger partial charge in [-0.1, -0.05) is 30.3 Å². The number of rotatable bonds is 5. The number of hydrogen-bond acceptors (Lipinski definition) is 5. The van der Waals surface area contributed by atoms with E-state index in [1.807, 2.05) is 24.8 Å². The Balaban J connectivity index is 1.60. The number of likely N-dealkylation sites (N-methyl/N-ethyl adjacent to an activating group) is 1. The first kappa shape index (κ1) is 21.2. The molecule has 31 heavy (non-hydrogen) atoms. The fourth-order valence-corrected chi connectivity index (χ4v) is 4.75. The van der Waals surface area contributed by atoms with Gasteiger partial charge in [-0.3, -0.25) is 9.59 Å². The highest BCUT2D eigenvalue weighted by molar-refractivity contribution is 7.13. The average molecular weight is 435 g/mol. The molecule has 0 radical (unpaired) electrons. The second-order valence-corrected chi connectivity index (χ2v) is 8.67. The number of amides is 2. The second kappa shape index (κ2) is 8.98. The molecule has 1 saturated heterocycles. The number of nitrogens with zero attached hydrogens (tertiary/aromatic N) is 4. The molecule has 0 unspecified atom stereocenters. The summed E-state index contributed by atoms with van der Waals surface area (Å²) in [7, 11) is 0. The molecule has 1 aliphatic rings. The summed E-state index contributed by atoms with van der Waals surface area (Å²) in [6, 6.07) is 11.9. The maximum absolute atomic E-state index is 13.4. The molecule has 0 N–H and O–H groups in total. The maximum Gasteiger partial charge on any atom is 0.258 e. The normalized spacial score (nSPS) is 16.6. The highest BCUT2D eigenvalue weighted by Crippen LogP contribution is 2.26. The Kier molecular flexibility index (Phi) is 6.13. The Morgan fingerprint density at radius 2 is 1.94 bits per heavy atom. The predicted octanol–water partition coefficient (Wildman–Crippen LogP) is 3.74. The molecule has 4 rings (SSSR count). The topological polar surface area (TPSA) is 66.4 Å². The molecular formula is C24H26N4O2S. The van der Waals surface area contributed by atoms with Gasteiger partial charge in [0.25, 0.3) is 5.91 Å². The minimum Gasteiger partial charge on any atom is -0.339 e. The van der Waals surface area contributed by atoms with Crippen LogP contribution in [-0.4, -0.2) is 57.3 Å². The van der Waals surface area contributed by atoms with E-state index in [0.29, 0.717) is 43.1 Å². The molecule has 2 amide bonds. The van der Waals surface area contributed by atoms with Crippen LogP contribution in [-0.2, 0) is 11.2 Å². The van der Waals surface area contributed by atoms with E-state index in [-0.39, 0.29) is 11.8 Å². The van der Waals surface area contributed by atoms with Gasteiger partial charge in [-0.25, -0.2) is 9.97 Å². The van der Waals surface area contributed by atoms with Gasteiger partial charge in [0.1, 0.15) is 11.9 Å². The van der Waals surface area contributed by atoms with E-state index in [2.05, 4.69) is 45.7 Å². The van der Waals surface area contributed by atoms with Crippen LogP contribution in [0.2, 0.25) is 0 Å². The molecule has 1 atom stereocenters. The average Bonchev–Trinajstić information content (AvgIpc) is 3.30. The standard InChI is InChI=1S/C24H26N4O2S/c1-4-27-11-12-28(23(29)20-15-25-17(3)26-16(20)2)21(24(27)30)14-18-7-9-19(10-8-18)22-6-5-13-31-22/h5-10,13,15,21H,4,11-12,14H2,1-3H3/t21-/m0/s1. The molecule has 7 heteroatoms. The van der Waals surface area contributed by atoms with Gasteiger partial charge in [0, 0.05) is 37.1 Å². The van der Waals surface area contributed by atoms with Crippen molar-refractivity contribution in [3.63, 3.8) is 0 Å². The minimum absolute atomic E-state index is 0.00452. The van der Waals surface area contributed by atoms with Crippen LogP contribution >= 0.6 is 11.3 Å². The molecule has 160 valence electrons. The van der Waals surface area contributed by atoms with Crippen molar-refractivity contribution in [2.45, 2.75) is 33.2 Å². The molecule has 2 aromatic heterocycles. The zero-order valence-corrected chi connectivity index (χ0v) is 18.9. The number of piperazine rings is 1. The maximum atomic E-state index is 13.4. The molecule has 1 fully saturated rings. The Hall–Kier alpha value is -3.06. The second-order valence-electron chi connectivity index (χ2n) is 7.73. The molecule has 0 aliphatic carbocycles. The minimum atomic E-state index is -0.533. The highest BCUT2D eigenvalue weighted by Gasteiger charge is 2.37. The lowest BCUT2D eigenvalue weighted by Gasteiger charge is -2.40. The number of aromatic nitrogens is 2. The Bertz CT molecular complexity index is 1080. The van der Waals surface area contributed by atoms with Crippen LogP contribution in [0.5, 0.6) is 0 Å². The van der Waals surface area contributed by atoms with Gasteiger partial charge in [0.05, 0.1) is 11.3 Å². The summed E-state index contributed by atoms with van der Waals surface area (Å²) in [6.07, 6.45) is 2.06. The largest absolute Gasteiger partial charge is 0.339 e. The first-order valence-corrected chi connectivity index (χ1v) is 11.4. The number of carbonyl (C=O) groups is 2. The summed E-state index contributed by atoms with van der Waals surface area (Å²) in [5.74, 6) is 0.445. The fourth-order valence-electron chi connectivity index (χ4n) is 4.01. The summed E-state index contributed by atoms with van der Waals surface area (Å²) >= 11 is 1.70. The summed E-state index contributed by atoms with van der Waals surface area (Å²) in [6.45, 7) is 7.27. The van der Waals surface area contributed by atoms with E-state index < -0.39 is 6.04 Å². The van der Waals surface area contributed by atoms with Gasteiger partial charge in [0.2, 0.25) is 5.91 Å². The number of aryl methyl sites for hydroxylation is 2. The van der Waals surface area contributed by atoms with Gasteiger partial charge in [-0.2, -0.15) is 0 Å². The van der Waals surface area contributed by atoms with E-state index in [0.717, 1.165) is 11.1 Å². The van der Waals surface area contributed by atoms with E-state index in [1.54, 1.807) is 29.4 Å². The third-order valence-electron chi connectivity index (χ3n) is 5.75. The van der Waals surface area contributed by atoms with Crippen molar-refractivity contribution in [2.75, 3.05) is 19.6 Å². The molecule has 0 spiro atoms. The number of hydrogen-bond donors (Lipinski definition) is 0. The van der Waals surface area contributed by atoms with E-state index >= 15 is 0 Å². The van der Waals surface area contributed by atoms with Crippen LogP contribution in [0.25, 0.3) is 10.4 Å². The van der Waals surface area contributed by atoms with Crippen LogP contribution in [0.4, 0.5) is 0 Å². The molecule has 1 aliphatic heterocycles. The smallest absolute Gasteiger partial charge is 0.258 e. The van der Waals surface area contributed by atoms with Gasteiger partial charge >= 0.3 is 0 Å². The van der Waals surface area contributed by atoms with Crippen molar-refractivity contribution >= 4 is 23.2 Å². The summed E-state index contributed by atoms with van der Waals surface area (Å²) in [5.41, 5.74) is 3.29. The molecule has 1 aromatic carbocycles. The van der Waals surface area contributed by atoms with E-state index in [4.69, 9.17) is 0 Å². The Labute approximate surface area is 186 Å². The third-order valence-corrected chi connectivity index (χ3v) is 6.66. The Morgan fingerprint density at radius 3 is 2.58 bits per heavy atom. The zero-order valence-electron chi connectivity index (χ0n) is 18.0. The number of carbonyl (C=O) groups excluding carboxylic acids is 2. The first-order valence-electron chi connectivity index (χ1n) is 10.5. The van der Waals surface area contributed by atoms with Gasteiger partial charge in [-0.15, -0.1) is 11.3 Å². The van der Waals surface area contributed by atoms with Crippen molar-refractivity contribution in [3.05, 3.63) is 70.6 Å². The van der Waals surface area contributed by atoms with E-state index in [9.17, 15) is 9.59 Å². The third kappa shape index (κ3) is 4.37. The number of thiophene rings is 1. The SMILES string of the molecule is CCN1CCN(C(=O)c2cnc(C)nc2C)[C@@H](Cc2ccc(-c3cccs3)cc2)C1=O.